The Morgan fingerprint density at radius 1 is 0.974 bits per heavy atom. The van der Waals surface area contributed by atoms with Gasteiger partial charge in [-0.05, 0) is 31.3 Å². The van der Waals surface area contributed by atoms with Crippen molar-refractivity contribution in [2.45, 2.75) is 78.1 Å². The van der Waals surface area contributed by atoms with Crippen LogP contribution in [0, 0.1) is 11.8 Å². The van der Waals surface area contributed by atoms with E-state index in [9.17, 15) is 33.3 Å². The van der Waals surface area contributed by atoms with Gasteiger partial charge in [-0.1, -0.05) is 39.8 Å². The van der Waals surface area contributed by atoms with Crippen molar-refractivity contribution in [1.29, 1.82) is 0 Å². The highest BCUT2D eigenvalue weighted by atomic mass is 32.2. The standard InChI is InChI=1S/C25H36N4O8S/c1-6-16-22(32)29-21(14(4)5)25(35)37-15-9-7-8-10-19(31)38(36)12-17(23(33)26-16)27-24(34)20(13(2)3)28-18(30)11-15/h6-7,9,13-15,17,20-21H,8,10-12H2,1-5H3,(H,26,33)(H,27,34)(H,28,30)(H,29,32)/b9-7+,16-6-/t15-,17-,20-,21?,38?/m1/s1. The van der Waals surface area contributed by atoms with Gasteiger partial charge >= 0.3 is 11.1 Å². The maximum Gasteiger partial charge on any atom is 0.329 e. The van der Waals surface area contributed by atoms with E-state index in [-0.39, 0.29) is 25.0 Å². The van der Waals surface area contributed by atoms with E-state index in [1.807, 2.05) is 0 Å². The molecule has 5 atom stereocenters. The molecule has 210 valence electrons. The van der Waals surface area contributed by atoms with Gasteiger partial charge < -0.3 is 30.6 Å². The van der Waals surface area contributed by atoms with Crippen molar-refractivity contribution >= 4 is 45.9 Å². The monoisotopic (exact) mass is 552 g/mol. The van der Waals surface area contributed by atoms with E-state index in [1.54, 1.807) is 27.7 Å². The molecule has 0 spiro atoms. The lowest BCUT2D eigenvalue weighted by molar-refractivity contribution is -0.153. The first kappa shape index (κ1) is 31.0. The Bertz CT molecular complexity index is 1010. The molecular formula is C25H36N4O8S. The van der Waals surface area contributed by atoms with Gasteiger partial charge in [-0.15, -0.1) is 0 Å². The summed E-state index contributed by atoms with van der Waals surface area (Å²) < 4.78 is 18.3. The molecule has 0 aromatic carbocycles. The highest BCUT2D eigenvalue weighted by molar-refractivity contribution is 8.06. The minimum absolute atomic E-state index is 0.137. The summed E-state index contributed by atoms with van der Waals surface area (Å²) in [7, 11) is 0. The van der Waals surface area contributed by atoms with Gasteiger partial charge in [0.15, 0.2) is 6.04 Å². The number of allylic oxidation sites excluding steroid dienone is 2. The number of hydrogen-bond donors (Lipinski definition) is 4. The number of nitrogens with one attached hydrogen (secondary N) is 4. The number of rotatable bonds is 2. The van der Waals surface area contributed by atoms with E-state index >= 15 is 0 Å². The van der Waals surface area contributed by atoms with Crippen molar-refractivity contribution in [2.75, 3.05) is 5.75 Å². The Morgan fingerprint density at radius 2 is 1.63 bits per heavy atom. The first-order valence-electron chi connectivity index (χ1n) is 12.5. The first-order valence-corrected chi connectivity index (χ1v) is 13.8. The van der Waals surface area contributed by atoms with E-state index < -0.39 is 87.7 Å². The molecule has 2 rings (SSSR count). The summed E-state index contributed by atoms with van der Waals surface area (Å²) in [6.07, 6.45) is 2.89. The SMILES string of the molecule is C/C=C1\NC(=O)[C@H]2C[S+]([O-])C(=O)CC/C=C/[C@H](CC(=O)N[C@H](C(C)C)C(=O)N2)OC(=O)C(C(C)C)NC1=O. The number of ether oxygens (including phenoxy) is 1. The van der Waals surface area contributed by atoms with Crippen LogP contribution in [0.15, 0.2) is 23.9 Å². The van der Waals surface area contributed by atoms with Crippen LogP contribution < -0.4 is 21.3 Å². The third-order valence-corrected chi connectivity index (χ3v) is 7.34. The molecule has 2 bridgehead atoms. The Morgan fingerprint density at radius 3 is 2.24 bits per heavy atom. The zero-order chi connectivity index (χ0) is 28.6. The van der Waals surface area contributed by atoms with Crippen LogP contribution in [0.5, 0.6) is 0 Å². The summed E-state index contributed by atoms with van der Waals surface area (Å²) in [6.45, 7) is 8.23. The smallest absolute Gasteiger partial charge is 0.329 e. The predicted molar refractivity (Wildman–Crippen MR) is 138 cm³/mol. The summed E-state index contributed by atoms with van der Waals surface area (Å²) in [4.78, 5) is 77.8. The number of fused-ring (bicyclic) bond motifs is 7. The van der Waals surface area contributed by atoms with Crippen LogP contribution in [0.1, 0.15) is 53.9 Å². The predicted octanol–water partition coefficient (Wildman–Crippen LogP) is -0.286. The molecule has 1 saturated heterocycles. The van der Waals surface area contributed by atoms with Crippen LogP contribution >= 0.6 is 0 Å². The Labute approximate surface area is 224 Å². The molecule has 0 saturated carbocycles. The number of esters is 1. The average molecular weight is 553 g/mol. The summed E-state index contributed by atoms with van der Waals surface area (Å²) in [5, 5.41) is 9.38. The largest absolute Gasteiger partial charge is 0.609 e. The van der Waals surface area contributed by atoms with E-state index in [0.717, 1.165) is 0 Å². The minimum Gasteiger partial charge on any atom is -0.609 e. The van der Waals surface area contributed by atoms with Crippen molar-refractivity contribution < 1.29 is 38.1 Å². The summed E-state index contributed by atoms with van der Waals surface area (Å²) in [5.74, 6) is -5.17. The topological polar surface area (TPSA) is 183 Å². The molecule has 0 aliphatic carbocycles. The lowest BCUT2D eigenvalue weighted by atomic mass is 10.0. The average Bonchev–Trinajstić information content (AvgIpc) is 2.84. The fourth-order valence-corrected chi connectivity index (χ4v) is 4.84. The van der Waals surface area contributed by atoms with Gasteiger partial charge in [0.1, 0.15) is 29.6 Å². The van der Waals surface area contributed by atoms with Crippen LogP contribution in [0.2, 0.25) is 0 Å². The second-order valence-electron chi connectivity index (χ2n) is 9.77. The molecule has 0 aromatic rings. The molecule has 13 heteroatoms. The third-order valence-electron chi connectivity index (χ3n) is 5.99. The van der Waals surface area contributed by atoms with Crippen LogP contribution in [0.3, 0.4) is 0 Å². The molecule has 4 amide bonds. The van der Waals surface area contributed by atoms with E-state index in [1.165, 1.54) is 25.2 Å². The van der Waals surface area contributed by atoms with Gasteiger partial charge in [-0.2, -0.15) is 0 Å². The second-order valence-corrected chi connectivity index (χ2v) is 11.2. The van der Waals surface area contributed by atoms with E-state index in [2.05, 4.69) is 21.3 Å². The first-order chi connectivity index (χ1) is 17.8. The zero-order valence-corrected chi connectivity index (χ0v) is 23.0. The number of carbonyl (C=O) groups excluding carboxylic acids is 6. The lowest BCUT2D eigenvalue weighted by Crippen LogP contribution is -2.58. The molecular weight excluding hydrogens is 516 g/mol. The zero-order valence-electron chi connectivity index (χ0n) is 22.2. The van der Waals surface area contributed by atoms with Gasteiger partial charge in [-0.25, -0.2) is 9.59 Å². The second kappa shape index (κ2) is 14.1. The number of hydrogen-bond acceptors (Lipinski definition) is 8. The Kier molecular flexibility index (Phi) is 11.5. The van der Waals surface area contributed by atoms with Crippen LogP contribution in [0.25, 0.3) is 0 Å². The molecule has 0 radical (unpaired) electrons. The van der Waals surface area contributed by atoms with Crippen molar-refractivity contribution in [1.82, 2.24) is 21.3 Å². The number of carbonyl (C=O) groups is 6. The molecule has 4 N–H and O–H groups in total. The fourth-order valence-electron chi connectivity index (χ4n) is 3.77. The summed E-state index contributed by atoms with van der Waals surface area (Å²) >= 11 is -2.14. The van der Waals surface area contributed by atoms with Crippen molar-refractivity contribution in [3.05, 3.63) is 23.9 Å². The molecule has 38 heavy (non-hydrogen) atoms. The van der Waals surface area contributed by atoms with Crippen LogP contribution in [0.4, 0.5) is 0 Å². The van der Waals surface area contributed by atoms with Gasteiger partial charge in [0.25, 0.3) is 11.8 Å². The van der Waals surface area contributed by atoms with Crippen molar-refractivity contribution in [3.8, 4) is 0 Å². The molecule has 2 heterocycles. The highest BCUT2D eigenvalue weighted by Crippen LogP contribution is 2.14. The van der Waals surface area contributed by atoms with Gasteiger partial charge in [-0.3, -0.25) is 19.2 Å². The summed E-state index contributed by atoms with van der Waals surface area (Å²) in [5.41, 5.74) is -0.216. The van der Waals surface area contributed by atoms with Crippen molar-refractivity contribution in [3.63, 3.8) is 0 Å². The Hall–Kier alpha value is -3.19. The fraction of sp³-hybridized carbons (Fsp3) is 0.600. The third kappa shape index (κ3) is 8.69. The molecule has 12 nitrogen and oxygen atoms in total. The Balaban J connectivity index is 2.65. The van der Waals surface area contributed by atoms with Crippen LogP contribution in [-0.2, 0) is 44.7 Å². The highest BCUT2D eigenvalue weighted by Gasteiger charge is 2.36. The summed E-state index contributed by atoms with van der Waals surface area (Å²) in [6, 6.07) is -3.65. The maximum atomic E-state index is 13.2. The maximum absolute atomic E-state index is 13.2. The quantitative estimate of drug-likeness (QED) is 0.156. The van der Waals surface area contributed by atoms with Crippen LogP contribution in [-0.4, -0.2) is 69.2 Å². The normalized spacial score (nSPS) is 30.7. The minimum atomic E-state index is -2.14. The molecule has 2 unspecified atom stereocenters. The molecule has 2 aliphatic heterocycles. The van der Waals surface area contributed by atoms with E-state index in [4.69, 9.17) is 4.74 Å². The van der Waals surface area contributed by atoms with Gasteiger partial charge in [0, 0.05) is 11.2 Å². The lowest BCUT2D eigenvalue weighted by Gasteiger charge is -2.27. The molecule has 2 aliphatic rings. The number of amides is 4. The van der Waals surface area contributed by atoms with Crippen molar-refractivity contribution in [2.24, 2.45) is 11.8 Å². The molecule has 1 fully saturated rings. The molecule has 0 aromatic heterocycles. The van der Waals surface area contributed by atoms with Gasteiger partial charge in [0.2, 0.25) is 11.8 Å². The van der Waals surface area contributed by atoms with Gasteiger partial charge in [0.05, 0.1) is 12.8 Å². The van der Waals surface area contributed by atoms with E-state index in [0.29, 0.717) is 0 Å².